The number of hydrogen-bond acceptors (Lipinski definition) is 4. The molecule has 0 unspecified atom stereocenters. The molecule has 2 N–H and O–H groups in total. The van der Waals surface area contributed by atoms with Crippen LogP contribution in [0.3, 0.4) is 0 Å². The van der Waals surface area contributed by atoms with Crippen LogP contribution in [0.2, 0.25) is 5.02 Å². The Morgan fingerprint density at radius 3 is 2.26 bits per heavy atom. The first-order valence-electron chi connectivity index (χ1n) is 9.28. The first-order valence-corrected chi connectivity index (χ1v) is 11.1. The van der Waals surface area contributed by atoms with Crippen LogP contribution < -0.4 is 0 Å². The monoisotopic (exact) mass is 452 g/mol. The Hall–Kier alpha value is -3.42. The Kier molecular flexibility index (Phi) is 5.39. The summed E-state index contributed by atoms with van der Waals surface area (Å²) in [4.78, 5) is 16.1. The minimum Gasteiger partial charge on any atom is -0.505 e. The lowest BCUT2D eigenvalue weighted by molar-refractivity contribution is 0.106. The molecule has 1 aromatic heterocycles. The summed E-state index contributed by atoms with van der Waals surface area (Å²) < 4.78 is 29.8. The smallest absolute Gasteiger partial charge is 0.283 e. The molecule has 3 aromatic carbocycles. The van der Waals surface area contributed by atoms with Gasteiger partial charge < -0.3 is 10.1 Å². The number of benzene rings is 3. The molecule has 0 atom stereocenters. The highest BCUT2D eigenvalue weighted by Crippen LogP contribution is 2.30. The van der Waals surface area contributed by atoms with E-state index < -0.39 is 21.5 Å². The van der Waals surface area contributed by atoms with Crippen molar-refractivity contribution in [2.75, 3.05) is 0 Å². The fraction of sp³-hybridized carbons (Fsp3) is 0.0435. The van der Waals surface area contributed by atoms with Crippen LogP contribution in [0.5, 0.6) is 5.75 Å². The van der Waals surface area contributed by atoms with Gasteiger partial charge in [-0.1, -0.05) is 41.4 Å². The number of fused-ring (bicyclic) bond motifs is 1. The van der Waals surface area contributed by atoms with E-state index in [-0.39, 0.29) is 21.9 Å². The molecule has 156 valence electrons. The zero-order chi connectivity index (χ0) is 22.2. The van der Waals surface area contributed by atoms with Crippen LogP contribution in [0.15, 0.2) is 82.1 Å². The van der Waals surface area contributed by atoms with E-state index in [1.54, 1.807) is 36.4 Å². The molecule has 4 aromatic rings. The van der Waals surface area contributed by atoms with E-state index in [1.165, 1.54) is 36.4 Å². The van der Waals surface area contributed by atoms with Crippen molar-refractivity contribution in [1.29, 1.82) is 0 Å². The van der Waals surface area contributed by atoms with Gasteiger partial charge in [0, 0.05) is 21.5 Å². The normalized spacial score (nSPS) is 12.3. The minimum absolute atomic E-state index is 0.0601. The standard InChI is InChI=1S/C23H17ClN2O4S/c1-14-6-12-17(13-7-14)31(29,30)26-21(22(27)15-8-10-16(24)11-9-15)20-23(28)18-4-2-3-5-19(18)25-20/h2-13,25,28H,1H3/b26-21+. The SMILES string of the molecule is Cc1ccc(S(=O)(=O)/N=C(/C(=O)c2ccc(Cl)cc2)c2[nH]c3ccccc3c2O)cc1. The van der Waals surface area contributed by atoms with Gasteiger partial charge in [0.15, 0.2) is 11.5 Å². The minimum atomic E-state index is -4.23. The third-order valence-electron chi connectivity index (χ3n) is 4.77. The van der Waals surface area contributed by atoms with Crippen molar-refractivity contribution in [3.8, 4) is 5.75 Å². The number of nitrogens with zero attached hydrogens (tertiary/aromatic N) is 1. The number of H-pyrrole nitrogens is 1. The average Bonchev–Trinajstić information content (AvgIpc) is 3.09. The second-order valence-corrected chi connectivity index (χ2v) is 9.00. The number of halogens is 1. The summed E-state index contributed by atoms with van der Waals surface area (Å²) in [6, 6.07) is 18.9. The molecule has 6 nitrogen and oxygen atoms in total. The fourth-order valence-electron chi connectivity index (χ4n) is 3.12. The van der Waals surface area contributed by atoms with Crippen molar-refractivity contribution < 1.29 is 18.3 Å². The van der Waals surface area contributed by atoms with Gasteiger partial charge in [-0.05, 0) is 55.5 Å². The Bertz CT molecular complexity index is 1420. The lowest BCUT2D eigenvalue weighted by Gasteiger charge is -2.07. The Morgan fingerprint density at radius 2 is 1.61 bits per heavy atom. The van der Waals surface area contributed by atoms with Crippen LogP contribution in [0.4, 0.5) is 0 Å². The highest BCUT2D eigenvalue weighted by molar-refractivity contribution is 7.90. The fourth-order valence-corrected chi connectivity index (χ4v) is 4.25. The van der Waals surface area contributed by atoms with Crippen LogP contribution >= 0.6 is 11.6 Å². The number of aromatic nitrogens is 1. The molecule has 0 radical (unpaired) electrons. The summed E-state index contributed by atoms with van der Waals surface area (Å²) in [6.45, 7) is 1.83. The highest BCUT2D eigenvalue weighted by atomic mass is 35.5. The number of carbonyl (C=O) groups excluding carboxylic acids is 1. The maximum Gasteiger partial charge on any atom is 0.283 e. The molecule has 0 saturated carbocycles. The predicted octanol–water partition coefficient (Wildman–Crippen LogP) is 4.90. The van der Waals surface area contributed by atoms with Crippen LogP contribution in [-0.2, 0) is 10.0 Å². The molecule has 31 heavy (non-hydrogen) atoms. The summed E-state index contributed by atoms with van der Waals surface area (Å²) in [5.74, 6) is -0.926. The summed E-state index contributed by atoms with van der Waals surface area (Å²) in [5.41, 5.74) is 1.11. The van der Waals surface area contributed by atoms with Crippen molar-refractivity contribution in [3.05, 3.63) is 94.6 Å². The Balaban J connectivity index is 1.93. The van der Waals surface area contributed by atoms with E-state index in [0.717, 1.165) is 5.56 Å². The van der Waals surface area contributed by atoms with Gasteiger partial charge in [-0.15, -0.1) is 0 Å². The lowest BCUT2D eigenvalue weighted by atomic mass is 10.0. The van der Waals surface area contributed by atoms with Crippen LogP contribution in [0.1, 0.15) is 21.6 Å². The number of carbonyl (C=O) groups is 1. The molecule has 0 aliphatic heterocycles. The zero-order valence-electron chi connectivity index (χ0n) is 16.3. The van der Waals surface area contributed by atoms with Gasteiger partial charge in [0.25, 0.3) is 10.0 Å². The number of nitrogens with one attached hydrogen (secondary N) is 1. The number of para-hydroxylation sites is 1. The maximum atomic E-state index is 13.3. The van der Waals surface area contributed by atoms with Crippen molar-refractivity contribution in [2.24, 2.45) is 4.40 Å². The number of hydrogen-bond donors (Lipinski definition) is 2. The number of Topliss-reactive ketones (excluding diaryl/α,β-unsaturated/α-hetero) is 1. The van der Waals surface area contributed by atoms with Crippen molar-refractivity contribution >= 4 is 44.0 Å². The predicted molar refractivity (Wildman–Crippen MR) is 121 cm³/mol. The van der Waals surface area contributed by atoms with Gasteiger partial charge in [0.05, 0.1) is 4.90 Å². The van der Waals surface area contributed by atoms with Gasteiger partial charge in [0.1, 0.15) is 5.69 Å². The van der Waals surface area contributed by atoms with Gasteiger partial charge in [-0.25, -0.2) is 0 Å². The average molecular weight is 453 g/mol. The first-order chi connectivity index (χ1) is 14.8. The molecule has 1 heterocycles. The van der Waals surface area contributed by atoms with Gasteiger partial charge in [-0.3, -0.25) is 4.79 Å². The van der Waals surface area contributed by atoms with E-state index in [0.29, 0.717) is 15.9 Å². The lowest BCUT2D eigenvalue weighted by Crippen LogP contribution is -2.19. The molecule has 0 saturated heterocycles. The number of sulfonamides is 1. The van der Waals surface area contributed by atoms with Gasteiger partial charge in [-0.2, -0.15) is 12.8 Å². The molecule has 0 amide bonds. The second kappa shape index (κ2) is 8.02. The third kappa shape index (κ3) is 4.10. The first kappa shape index (κ1) is 20.8. The van der Waals surface area contributed by atoms with Crippen molar-refractivity contribution in [2.45, 2.75) is 11.8 Å². The molecule has 4 rings (SSSR count). The quantitative estimate of drug-likeness (QED) is 0.332. The summed E-state index contributed by atoms with van der Waals surface area (Å²) in [5, 5.41) is 11.6. The summed E-state index contributed by atoms with van der Waals surface area (Å²) >= 11 is 5.91. The number of aryl methyl sites for hydroxylation is 1. The molecule has 0 fully saturated rings. The molecular formula is C23H17ClN2O4S. The van der Waals surface area contributed by atoms with Crippen LogP contribution in [0.25, 0.3) is 10.9 Å². The van der Waals surface area contributed by atoms with Crippen molar-refractivity contribution in [3.63, 3.8) is 0 Å². The van der Waals surface area contributed by atoms with E-state index in [2.05, 4.69) is 9.38 Å². The number of aromatic amines is 1. The maximum absolute atomic E-state index is 13.3. The third-order valence-corrected chi connectivity index (χ3v) is 6.31. The zero-order valence-corrected chi connectivity index (χ0v) is 17.9. The largest absolute Gasteiger partial charge is 0.505 e. The van der Waals surface area contributed by atoms with E-state index in [4.69, 9.17) is 11.6 Å². The highest BCUT2D eigenvalue weighted by Gasteiger charge is 2.26. The number of ketones is 1. The van der Waals surface area contributed by atoms with Crippen LogP contribution in [0, 0.1) is 6.92 Å². The van der Waals surface area contributed by atoms with E-state index in [9.17, 15) is 18.3 Å². The Morgan fingerprint density at radius 1 is 0.968 bits per heavy atom. The number of rotatable bonds is 5. The molecule has 8 heteroatoms. The van der Waals surface area contributed by atoms with E-state index in [1.807, 2.05) is 6.92 Å². The second-order valence-electron chi connectivity index (χ2n) is 6.96. The molecule has 0 bridgehead atoms. The molecule has 0 aliphatic rings. The van der Waals surface area contributed by atoms with Gasteiger partial charge in [0.2, 0.25) is 5.78 Å². The number of aromatic hydroxyl groups is 1. The Labute approximate surface area is 183 Å². The molecule has 0 spiro atoms. The van der Waals surface area contributed by atoms with Crippen molar-refractivity contribution in [1.82, 2.24) is 4.98 Å². The topological polar surface area (TPSA) is 99.6 Å². The van der Waals surface area contributed by atoms with E-state index >= 15 is 0 Å². The molecule has 0 aliphatic carbocycles. The summed E-state index contributed by atoms with van der Waals surface area (Å²) in [7, 11) is -4.23. The molecular weight excluding hydrogens is 436 g/mol. The summed E-state index contributed by atoms with van der Waals surface area (Å²) in [6.07, 6.45) is 0. The van der Waals surface area contributed by atoms with Gasteiger partial charge >= 0.3 is 0 Å². The van der Waals surface area contributed by atoms with Crippen LogP contribution in [-0.4, -0.2) is 30.0 Å².